The zero-order valence-corrected chi connectivity index (χ0v) is 13.0. The summed E-state index contributed by atoms with van der Waals surface area (Å²) in [7, 11) is 0. The normalized spacial score (nSPS) is 11.7. The Bertz CT molecular complexity index is 660. The number of ether oxygens (including phenoxy) is 1. The molecule has 1 aromatic carbocycles. The van der Waals surface area contributed by atoms with Crippen LogP contribution in [-0.2, 0) is 0 Å². The smallest absolute Gasteiger partial charge is 0.405 e. The van der Waals surface area contributed by atoms with E-state index in [2.05, 4.69) is 31.0 Å². The van der Waals surface area contributed by atoms with E-state index in [-0.39, 0.29) is 15.3 Å². The Labute approximate surface area is 134 Å². The van der Waals surface area contributed by atoms with Crippen LogP contribution < -0.4 is 10.1 Å². The largest absolute Gasteiger partial charge is 0.573 e. The average molecular weight is 399 g/mol. The predicted molar refractivity (Wildman–Crippen MR) is 76.8 cm³/mol. The molecule has 0 radical (unpaired) electrons. The van der Waals surface area contributed by atoms with Crippen molar-refractivity contribution in [2.75, 3.05) is 6.26 Å². The van der Waals surface area contributed by atoms with Crippen molar-refractivity contribution in [2.45, 2.75) is 6.36 Å². The molecule has 0 amide bonds. The predicted octanol–water partition coefficient (Wildman–Crippen LogP) is 3.68. The molecule has 0 spiro atoms. The monoisotopic (exact) mass is 398 g/mol. The number of alkyl halides is 3. The molecule has 1 aromatic rings. The summed E-state index contributed by atoms with van der Waals surface area (Å²) in [6.07, 6.45) is -1.83. The summed E-state index contributed by atoms with van der Waals surface area (Å²) in [5, 5.41) is 21.8. The van der Waals surface area contributed by atoms with Crippen molar-refractivity contribution in [3.05, 3.63) is 26.7 Å². The summed E-state index contributed by atoms with van der Waals surface area (Å²) >= 11 is 3.90. The number of nitro groups is 1. The van der Waals surface area contributed by atoms with Crippen molar-refractivity contribution in [2.24, 2.45) is 4.99 Å². The Morgan fingerprint density at radius 2 is 2.23 bits per heavy atom. The molecule has 22 heavy (non-hydrogen) atoms. The number of rotatable bonds is 3. The minimum absolute atomic E-state index is 0.0378. The van der Waals surface area contributed by atoms with Crippen molar-refractivity contribution >= 4 is 44.2 Å². The van der Waals surface area contributed by atoms with Crippen LogP contribution in [0.25, 0.3) is 0 Å². The molecule has 0 unspecified atom stereocenters. The van der Waals surface area contributed by atoms with Gasteiger partial charge in [0.05, 0.1) is 15.5 Å². The molecule has 0 atom stereocenters. The Kier molecular flexibility index (Phi) is 6.01. The van der Waals surface area contributed by atoms with E-state index in [1.54, 1.807) is 12.4 Å². The lowest BCUT2D eigenvalue weighted by molar-refractivity contribution is -0.384. The first-order chi connectivity index (χ1) is 10.2. The Morgan fingerprint density at radius 3 is 2.68 bits per heavy atom. The SMILES string of the molecule is CSC(=Nc1c(Br)cc(OC(F)(F)F)cc1[N+](=O)[O-])NC#N. The van der Waals surface area contributed by atoms with Crippen LogP contribution in [0.15, 0.2) is 21.6 Å². The second kappa shape index (κ2) is 7.32. The van der Waals surface area contributed by atoms with Crippen molar-refractivity contribution in [3.63, 3.8) is 0 Å². The van der Waals surface area contributed by atoms with Gasteiger partial charge >= 0.3 is 6.36 Å². The van der Waals surface area contributed by atoms with Gasteiger partial charge in [-0.2, -0.15) is 5.26 Å². The molecule has 0 aromatic heterocycles. The number of nitrogens with zero attached hydrogens (tertiary/aromatic N) is 3. The molecule has 0 bridgehead atoms. The molecule has 0 aliphatic rings. The lowest BCUT2D eigenvalue weighted by atomic mass is 10.2. The van der Waals surface area contributed by atoms with Gasteiger partial charge in [-0.1, -0.05) is 11.8 Å². The number of hydrogen-bond donors (Lipinski definition) is 1. The molecule has 1 rings (SSSR count). The van der Waals surface area contributed by atoms with E-state index in [0.29, 0.717) is 6.07 Å². The molecule has 0 heterocycles. The molecule has 0 saturated carbocycles. The van der Waals surface area contributed by atoms with Crippen LogP contribution in [0.5, 0.6) is 5.75 Å². The fourth-order valence-electron chi connectivity index (χ4n) is 1.28. The average Bonchev–Trinajstić information content (AvgIpc) is 2.38. The minimum atomic E-state index is -4.98. The topological polar surface area (TPSA) is 101 Å². The zero-order valence-electron chi connectivity index (χ0n) is 10.6. The molecule has 118 valence electrons. The van der Waals surface area contributed by atoms with E-state index in [9.17, 15) is 23.3 Å². The van der Waals surface area contributed by atoms with Gasteiger partial charge in [0, 0.05) is 0 Å². The van der Waals surface area contributed by atoms with E-state index >= 15 is 0 Å². The van der Waals surface area contributed by atoms with Crippen molar-refractivity contribution in [1.82, 2.24) is 5.32 Å². The summed E-state index contributed by atoms with van der Waals surface area (Å²) < 4.78 is 40.1. The van der Waals surface area contributed by atoms with Crippen molar-refractivity contribution in [3.8, 4) is 11.9 Å². The van der Waals surface area contributed by atoms with Gasteiger partial charge in [0.2, 0.25) is 0 Å². The maximum absolute atomic E-state index is 12.2. The highest BCUT2D eigenvalue weighted by molar-refractivity contribution is 9.10. The quantitative estimate of drug-likeness (QED) is 0.208. The highest BCUT2D eigenvalue weighted by Gasteiger charge is 2.32. The molecule has 7 nitrogen and oxygen atoms in total. The molecule has 12 heteroatoms. The fraction of sp³-hybridized carbons (Fsp3) is 0.200. The third-order valence-corrected chi connectivity index (χ3v) is 3.20. The number of aliphatic imine (C=N–C) groups is 1. The summed E-state index contributed by atoms with van der Waals surface area (Å²) in [6.45, 7) is 0. The summed E-state index contributed by atoms with van der Waals surface area (Å²) in [4.78, 5) is 13.9. The second-order valence-electron chi connectivity index (χ2n) is 3.44. The summed E-state index contributed by atoms with van der Waals surface area (Å²) in [5.41, 5.74) is -0.952. The highest BCUT2D eigenvalue weighted by Crippen LogP contribution is 2.40. The van der Waals surface area contributed by atoms with E-state index in [1.807, 2.05) is 0 Å². The minimum Gasteiger partial charge on any atom is -0.405 e. The number of nitrogens with one attached hydrogen (secondary N) is 1. The number of amidine groups is 1. The van der Waals surface area contributed by atoms with Gasteiger partial charge in [-0.25, -0.2) is 4.99 Å². The van der Waals surface area contributed by atoms with Gasteiger partial charge in [0.25, 0.3) is 5.69 Å². The molecule has 1 N–H and O–H groups in total. The van der Waals surface area contributed by atoms with E-state index in [1.165, 1.54) is 0 Å². The fourth-order valence-corrected chi connectivity index (χ4v) is 2.12. The first-order valence-electron chi connectivity index (χ1n) is 5.19. The van der Waals surface area contributed by atoms with Crippen molar-refractivity contribution in [1.29, 1.82) is 5.26 Å². The van der Waals surface area contributed by atoms with Crippen molar-refractivity contribution < 1.29 is 22.8 Å². The molecule has 0 aliphatic heterocycles. The van der Waals surface area contributed by atoms with Crippen LogP contribution >= 0.6 is 27.7 Å². The maximum Gasteiger partial charge on any atom is 0.573 e. The van der Waals surface area contributed by atoms with E-state index < -0.39 is 22.7 Å². The number of nitro benzene ring substituents is 1. The number of halogens is 4. The first-order valence-corrected chi connectivity index (χ1v) is 7.21. The van der Waals surface area contributed by atoms with Crippen LogP contribution in [0.1, 0.15) is 0 Å². The van der Waals surface area contributed by atoms with Crippen LogP contribution in [-0.4, -0.2) is 22.7 Å². The number of benzene rings is 1. The Balaban J connectivity index is 3.40. The summed E-state index contributed by atoms with van der Waals surface area (Å²) in [5.74, 6) is -0.760. The first kappa shape index (κ1) is 18.1. The summed E-state index contributed by atoms with van der Waals surface area (Å²) in [6, 6.07) is 1.49. The Morgan fingerprint density at radius 1 is 1.59 bits per heavy atom. The molecule has 0 saturated heterocycles. The van der Waals surface area contributed by atoms with Gasteiger partial charge in [-0.3, -0.25) is 15.4 Å². The lowest BCUT2D eigenvalue weighted by Crippen LogP contribution is -2.17. The van der Waals surface area contributed by atoms with Crippen LogP contribution in [0.2, 0.25) is 0 Å². The number of hydrogen-bond acceptors (Lipinski definition) is 6. The van der Waals surface area contributed by atoms with Crippen LogP contribution in [0.3, 0.4) is 0 Å². The van der Waals surface area contributed by atoms with Gasteiger partial charge in [0.15, 0.2) is 17.0 Å². The lowest BCUT2D eigenvalue weighted by Gasteiger charge is -2.10. The van der Waals surface area contributed by atoms with Gasteiger partial charge in [-0.05, 0) is 28.3 Å². The van der Waals surface area contributed by atoms with E-state index in [0.717, 1.165) is 17.8 Å². The van der Waals surface area contributed by atoms with Gasteiger partial charge < -0.3 is 4.74 Å². The maximum atomic E-state index is 12.2. The molecular formula is C10H6BrF3N4O3S. The molecule has 0 fully saturated rings. The second-order valence-corrected chi connectivity index (χ2v) is 5.08. The molecular weight excluding hydrogens is 393 g/mol. The van der Waals surface area contributed by atoms with Crippen LogP contribution in [0.4, 0.5) is 24.5 Å². The molecule has 0 aliphatic carbocycles. The zero-order chi connectivity index (χ0) is 16.9. The van der Waals surface area contributed by atoms with Crippen LogP contribution in [0, 0.1) is 21.6 Å². The third-order valence-electron chi connectivity index (χ3n) is 2.02. The van der Waals surface area contributed by atoms with Gasteiger partial charge in [-0.15, -0.1) is 13.2 Å². The van der Waals surface area contributed by atoms with E-state index in [4.69, 9.17) is 5.26 Å². The number of nitriles is 1. The highest BCUT2D eigenvalue weighted by atomic mass is 79.9. The third kappa shape index (κ3) is 5.08. The number of thioether (sulfide) groups is 1. The van der Waals surface area contributed by atoms with Gasteiger partial charge in [0.1, 0.15) is 5.75 Å². The standard InChI is InChI=1S/C10H6BrF3N4O3S/c1-22-9(16-4-15)17-8-6(11)2-5(21-10(12,13)14)3-7(8)18(19)20/h2-3H,1H3,(H,16,17). The Hall–Kier alpha value is -2.00.